The summed E-state index contributed by atoms with van der Waals surface area (Å²) in [4.78, 5) is 12.3. The first-order valence-electron chi connectivity index (χ1n) is 7.12. The second-order valence-corrected chi connectivity index (χ2v) is 6.33. The van der Waals surface area contributed by atoms with E-state index in [1.165, 1.54) is 0 Å². The average Bonchev–Trinajstić information content (AvgIpc) is 2.75. The molecule has 0 bridgehead atoms. The number of hydrogen-bond donors (Lipinski definition) is 2. The fraction of sp³-hybridized carbons (Fsp3) is 0.438. The van der Waals surface area contributed by atoms with Gasteiger partial charge in [0.2, 0.25) is 0 Å². The number of rotatable bonds is 4. The summed E-state index contributed by atoms with van der Waals surface area (Å²) in [5.74, 6) is 0.0826. The van der Waals surface area contributed by atoms with Gasteiger partial charge in [-0.2, -0.15) is 0 Å². The molecule has 2 aromatic rings. The molecule has 0 atom stereocenters. The van der Waals surface area contributed by atoms with Crippen LogP contribution in [-0.2, 0) is 0 Å². The van der Waals surface area contributed by atoms with Crippen LogP contribution in [0, 0.1) is 12.3 Å². The zero-order valence-corrected chi connectivity index (χ0v) is 12.7. The van der Waals surface area contributed by atoms with E-state index in [1.54, 1.807) is 18.2 Å². The van der Waals surface area contributed by atoms with Gasteiger partial charge < -0.3 is 14.8 Å². The van der Waals surface area contributed by atoms with Gasteiger partial charge in [-0.05, 0) is 38.0 Å². The third-order valence-electron chi connectivity index (χ3n) is 4.48. The van der Waals surface area contributed by atoms with Gasteiger partial charge in [0.1, 0.15) is 5.58 Å². The van der Waals surface area contributed by atoms with Gasteiger partial charge in [0.25, 0.3) is 5.91 Å². The van der Waals surface area contributed by atoms with E-state index in [0.717, 1.165) is 30.2 Å². The number of aryl methyl sites for hydroxylation is 1. The van der Waals surface area contributed by atoms with Gasteiger partial charge in [-0.25, -0.2) is 0 Å². The van der Waals surface area contributed by atoms with E-state index in [0.29, 0.717) is 22.9 Å². The highest BCUT2D eigenvalue weighted by atomic mass is 35.5. The number of aliphatic hydroxyl groups is 1. The first-order chi connectivity index (χ1) is 10.0. The molecule has 0 spiro atoms. The third-order valence-corrected chi connectivity index (χ3v) is 4.71. The van der Waals surface area contributed by atoms with Crippen molar-refractivity contribution in [3.63, 3.8) is 0 Å². The number of halogens is 1. The lowest BCUT2D eigenvalue weighted by Gasteiger charge is -2.40. The number of nitrogens with one attached hydrogen (secondary N) is 1. The SMILES string of the molecule is Cc1c(C(=O)NCC2(CO)CCC2)oc2ccc(Cl)cc12. The van der Waals surface area contributed by atoms with Gasteiger partial charge in [0.05, 0.1) is 6.61 Å². The molecule has 1 saturated carbocycles. The van der Waals surface area contributed by atoms with Crippen LogP contribution in [0.15, 0.2) is 22.6 Å². The van der Waals surface area contributed by atoms with Crippen molar-refractivity contribution in [2.24, 2.45) is 5.41 Å². The molecule has 5 heteroatoms. The second-order valence-electron chi connectivity index (χ2n) is 5.89. The van der Waals surface area contributed by atoms with Crippen LogP contribution in [0.5, 0.6) is 0 Å². The number of amides is 1. The van der Waals surface area contributed by atoms with Gasteiger partial charge in [-0.1, -0.05) is 18.0 Å². The molecule has 1 aliphatic carbocycles. The molecule has 0 radical (unpaired) electrons. The molecule has 0 aliphatic heterocycles. The highest BCUT2D eigenvalue weighted by Gasteiger charge is 2.36. The summed E-state index contributed by atoms with van der Waals surface area (Å²) in [7, 11) is 0. The zero-order chi connectivity index (χ0) is 15.0. The van der Waals surface area contributed by atoms with Crippen LogP contribution in [0.1, 0.15) is 35.4 Å². The molecule has 1 aliphatic rings. The van der Waals surface area contributed by atoms with Gasteiger partial charge >= 0.3 is 0 Å². The molecule has 4 nitrogen and oxygen atoms in total. The molecule has 1 amide bonds. The van der Waals surface area contributed by atoms with Crippen molar-refractivity contribution >= 4 is 28.5 Å². The van der Waals surface area contributed by atoms with E-state index in [9.17, 15) is 9.90 Å². The topological polar surface area (TPSA) is 62.5 Å². The second kappa shape index (κ2) is 5.35. The highest BCUT2D eigenvalue weighted by Crippen LogP contribution is 2.39. The van der Waals surface area contributed by atoms with Crippen LogP contribution >= 0.6 is 11.6 Å². The molecule has 2 N–H and O–H groups in total. The standard InChI is InChI=1S/C16H18ClNO3/c1-10-12-7-11(17)3-4-13(12)21-14(10)15(20)18-8-16(9-19)5-2-6-16/h3-4,7,19H,2,5-6,8-9H2,1H3,(H,18,20). The number of hydrogen-bond acceptors (Lipinski definition) is 3. The fourth-order valence-electron chi connectivity index (χ4n) is 2.83. The van der Waals surface area contributed by atoms with E-state index in [4.69, 9.17) is 16.0 Å². The normalized spacial score (nSPS) is 16.7. The fourth-order valence-corrected chi connectivity index (χ4v) is 3.00. The molecule has 112 valence electrons. The van der Waals surface area contributed by atoms with Gasteiger partial charge in [0.15, 0.2) is 5.76 Å². The number of fused-ring (bicyclic) bond motifs is 1. The average molecular weight is 308 g/mol. The molecule has 21 heavy (non-hydrogen) atoms. The lowest BCUT2D eigenvalue weighted by atomic mass is 9.69. The maximum Gasteiger partial charge on any atom is 0.287 e. The minimum Gasteiger partial charge on any atom is -0.451 e. The Morgan fingerprint density at radius 2 is 2.24 bits per heavy atom. The van der Waals surface area contributed by atoms with Gasteiger partial charge in [-0.15, -0.1) is 0 Å². The maximum atomic E-state index is 12.3. The first kappa shape index (κ1) is 14.4. The molecular formula is C16H18ClNO3. The van der Waals surface area contributed by atoms with E-state index in [2.05, 4.69) is 5.32 Å². The lowest BCUT2D eigenvalue weighted by molar-refractivity contribution is 0.0424. The van der Waals surface area contributed by atoms with E-state index >= 15 is 0 Å². The van der Waals surface area contributed by atoms with Gasteiger partial charge in [0, 0.05) is 27.9 Å². The molecule has 0 unspecified atom stereocenters. The summed E-state index contributed by atoms with van der Waals surface area (Å²) in [6, 6.07) is 5.31. The van der Waals surface area contributed by atoms with Crippen LogP contribution in [-0.4, -0.2) is 24.2 Å². The van der Waals surface area contributed by atoms with E-state index in [-0.39, 0.29) is 17.9 Å². The Bertz CT molecular complexity index is 683. The minimum absolute atomic E-state index is 0.113. The summed E-state index contributed by atoms with van der Waals surface area (Å²) in [6.07, 6.45) is 3.02. The summed E-state index contributed by atoms with van der Waals surface area (Å²) in [5, 5.41) is 13.8. The Kier molecular flexibility index (Phi) is 3.68. The minimum atomic E-state index is -0.237. The van der Waals surface area contributed by atoms with E-state index in [1.807, 2.05) is 6.92 Å². The summed E-state index contributed by atoms with van der Waals surface area (Å²) in [5.41, 5.74) is 1.30. The van der Waals surface area contributed by atoms with Crippen molar-refractivity contribution in [2.45, 2.75) is 26.2 Å². The lowest BCUT2D eigenvalue weighted by Crippen LogP contribution is -2.44. The van der Waals surface area contributed by atoms with Gasteiger partial charge in [-0.3, -0.25) is 4.79 Å². The van der Waals surface area contributed by atoms with Crippen LogP contribution in [0.25, 0.3) is 11.0 Å². The summed E-state index contributed by atoms with van der Waals surface area (Å²) < 4.78 is 5.63. The predicted molar refractivity (Wildman–Crippen MR) is 81.7 cm³/mol. The number of carbonyl (C=O) groups excluding carboxylic acids is 1. The molecule has 1 heterocycles. The number of carbonyl (C=O) groups is 1. The quantitative estimate of drug-likeness (QED) is 0.911. The smallest absolute Gasteiger partial charge is 0.287 e. The van der Waals surface area contributed by atoms with Crippen molar-refractivity contribution in [1.82, 2.24) is 5.32 Å². The monoisotopic (exact) mass is 307 g/mol. The van der Waals surface area contributed by atoms with Crippen molar-refractivity contribution < 1.29 is 14.3 Å². The first-order valence-corrected chi connectivity index (χ1v) is 7.50. The molecular weight excluding hydrogens is 290 g/mol. The van der Waals surface area contributed by atoms with Crippen LogP contribution in [0.4, 0.5) is 0 Å². The molecule has 1 aromatic carbocycles. The zero-order valence-electron chi connectivity index (χ0n) is 11.9. The largest absolute Gasteiger partial charge is 0.451 e. The molecule has 1 fully saturated rings. The van der Waals surface area contributed by atoms with E-state index < -0.39 is 0 Å². The number of benzene rings is 1. The van der Waals surface area contributed by atoms with Crippen molar-refractivity contribution in [1.29, 1.82) is 0 Å². The van der Waals surface area contributed by atoms with Crippen LogP contribution in [0.2, 0.25) is 5.02 Å². The van der Waals surface area contributed by atoms with Crippen molar-refractivity contribution in [3.05, 3.63) is 34.5 Å². The van der Waals surface area contributed by atoms with Crippen molar-refractivity contribution in [2.75, 3.05) is 13.2 Å². The molecule has 1 aromatic heterocycles. The number of furan rings is 1. The van der Waals surface area contributed by atoms with Crippen LogP contribution in [0.3, 0.4) is 0 Å². The van der Waals surface area contributed by atoms with Crippen LogP contribution < -0.4 is 5.32 Å². The van der Waals surface area contributed by atoms with Crippen molar-refractivity contribution in [3.8, 4) is 0 Å². The molecule has 0 saturated heterocycles. The Morgan fingerprint density at radius 3 is 2.86 bits per heavy atom. The Balaban J connectivity index is 1.80. The molecule has 3 rings (SSSR count). The predicted octanol–water partition coefficient (Wildman–Crippen LogP) is 3.29. The Labute approximate surface area is 128 Å². The summed E-state index contributed by atoms with van der Waals surface area (Å²) >= 11 is 5.98. The Morgan fingerprint density at radius 1 is 1.48 bits per heavy atom. The number of aliphatic hydroxyl groups excluding tert-OH is 1. The Hall–Kier alpha value is -1.52. The highest BCUT2D eigenvalue weighted by molar-refractivity contribution is 6.31. The maximum absolute atomic E-state index is 12.3. The third kappa shape index (κ3) is 2.54. The summed E-state index contributed by atoms with van der Waals surface area (Å²) in [6.45, 7) is 2.45.